The smallest absolute Gasteiger partial charge is 0.272 e. The van der Waals surface area contributed by atoms with E-state index in [1.807, 2.05) is 4.90 Å². The maximum atomic E-state index is 12.7. The maximum Gasteiger partial charge on any atom is 0.272 e. The number of amides is 3. The van der Waals surface area contributed by atoms with Gasteiger partial charge < -0.3 is 30.9 Å². The molecule has 0 aromatic heterocycles. The van der Waals surface area contributed by atoms with E-state index in [2.05, 4.69) is 26.2 Å². The first kappa shape index (κ1) is 24.2. The van der Waals surface area contributed by atoms with Crippen molar-refractivity contribution in [1.29, 1.82) is 0 Å². The average Bonchev–Trinajstić information content (AvgIpc) is 3.75. The van der Waals surface area contributed by atoms with E-state index in [0.29, 0.717) is 49.9 Å². The highest BCUT2D eigenvalue weighted by Crippen LogP contribution is 2.32. The van der Waals surface area contributed by atoms with Crippen LogP contribution in [0.2, 0.25) is 0 Å². The summed E-state index contributed by atoms with van der Waals surface area (Å²) in [6.07, 6.45) is 3.23. The van der Waals surface area contributed by atoms with E-state index < -0.39 is 12.2 Å². The second-order valence-electron chi connectivity index (χ2n) is 9.52. The first-order chi connectivity index (χ1) is 17.5. The Labute approximate surface area is 209 Å². The normalized spacial score (nSPS) is 24.3. The number of likely N-dealkylation sites (tertiary alicyclic amines) is 1. The molecule has 36 heavy (non-hydrogen) atoms. The number of benzene rings is 1. The fourth-order valence-electron chi connectivity index (χ4n) is 4.66. The molecule has 3 fully saturated rings. The number of carbonyl (C=O) groups excluding carboxylic acids is 3. The number of nitrogens with one attached hydrogen (secondary N) is 3. The Morgan fingerprint density at radius 2 is 1.78 bits per heavy atom. The second-order valence-corrected chi connectivity index (χ2v) is 9.52. The zero-order valence-electron chi connectivity index (χ0n) is 20.1. The zero-order valence-corrected chi connectivity index (χ0v) is 20.1. The summed E-state index contributed by atoms with van der Waals surface area (Å²) in [6, 6.07) is 7.05. The Kier molecular flexibility index (Phi) is 7.14. The zero-order chi connectivity index (χ0) is 25.1. The van der Waals surface area contributed by atoms with Gasteiger partial charge in [-0.2, -0.15) is 0 Å². The Balaban J connectivity index is 1.21. The van der Waals surface area contributed by atoms with Gasteiger partial charge in [-0.15, -0.1) is 10.2 Å². The van der Waals surface area contributed by atoms with E-state index in [1.165, 1.54) is 0 Å². The number of hydrogen-bond donors (Lipinski definition) is 4. The predicted octanol–water partition coefficient (Wildman–Crippen LogP) is 0.555. The Morgan fingerprint density at radius 1 is 1.03 bits per heavy atom. The van der Waals surface area contributed by atoms with Crippen molar-refractivity contribution in [3.63, 3.8) is 0 Å². The van der Waals surface area contributed by atoms with Gasteiger partial charge >= 0.3 is 0 Å². The van der Waals surface area contributed by atoms with Crippen molar-refractivity contribution in [2.24, 2.45) is 21.9 Å². The number of morpholine rings is 1. The number of azo groups is 1. The third-order valence-corrected chi connectivity index (χ3v) is 6.78. The van der Waals surface area contributed by atoms with Gasteiger partial charge in [-0.05, 0) is 49.9 Å². The molecule has 0 spiro atoms. The van der Waals surface area contributed by atoms with Gasteiger partial charge in [0.05, 0.1) is 13.2 Å². The van der Waals surface area contributed by atoms with E-state index in [4.69, 9.17) is 10.5 Å². The summed E-state index contributed by atoms with van der Waals surface area (Å²) in [5.74, 6) is 0.00352. The average molecular weight is 497 g/mol. The molecule has 1 aliphatic carbocycles. The fourth-order valence-corrected chi connectivity index (χ4v) is 4.66. The van der Waals surface area contributed by atoms with Gasteiger partial charge in [-0.3, -0.25) is 19.7 Å². The van der Waals surface area contributed by atoms with E-state index in [9.17, 15) is 14.4 Å². The molecule has 5 rings (SSSR count). The standard InChI is InChI=1S/C24H32N8O4/c25-20(33)19-21(26-17-7-5-16(6-8-17)22(34)31-10-12-36-13-11-31)28-24(30-29-19)27-18-2-1-9-32(14-18)23(35)15-3-4-15/h5-8,15,18,24,26-28H,1-4,9-14H2,(H2,25,33)/t18-,24?/m1/s1. The van der Waals surface area contributed by atoms with Crippen LogP contribution in [0.5, 0.6) is 0 Å². The summed E-state index contributed by atoms with van der Waals surface area (Å²) >= 11 is 0. The van der Waals surface area contributed by atoms with Crippen LogP contribution >= 0.6 is 0 Å². The van der Waals surface area contributed by atoms with Crippen LogP contribution in [0.1, 0.15) is 36.0 Å². The molecule has 0 radical (unpaired) electrons. The number of primary amides is 1. The second kappa shape index (κ2) is 10.6. The van der Waals surface area contributed by atoms with Crippen molar-refractivity contribution < 1.29 is 19.1 Å². The van der Waals surface area contributed by atoms with Crippen LogP contribution in [0.4, 0.5) is 5.69 Å². The first-order valence-corrected chi connectivity index (χ1v) is 12.5. The van der Waals surface area contributed by atoms with Gasteiger partial charge in [-0.1, -0.05) is 0 Å². The molecule has 5 N–H and O–H groups in total. The number of nitrogens with zero attached hydrogens (tertiary/aromatic N) is 4. The molecule has 0 bridgehead atoms. The van der Waals surface area contributed by atoms with Gasteiger partial charge in [0, 0.05) is 49.4 Å². The van der Waals surface area contributed by atoms with Gasteiger partial charge in [0.1, 0.15) is 5.82 Å². The minimum absolute atomic E-state index is 0.0179. The summed E-state index contributed by atoms with van der Waals surface area (Å²) in [6.45, 7) is 3.64. The quantitative estimate of drug-likeness (QED) is 0.430. The van der Waals surface area contributed by atoms with Crippen LogP contribution in [-0.4, -0.2) is 79.2 Å². The third-order valence-electron chi connectivity index (χ3n) is 6.78. The molecule has 1 aromatic rings. The highest BCUT2D eigenvalue weighted by atomic mass is 16.5. The summed E-state index contributed by atoms with van der Waals surface area (Å²) in [5.41, 5.74) is 6.73. The molecular weight excluding hydrogens is 464 g/mol. The molecule has 4 aliphatic rings. The molecule has 3 aliphatic heterocycles. The van der Waals surface area contributed by atoms with E-state index in [1.54, 1.807) is 29.2 Å². The lowest BCUT2D eigenvalue weighted by molar-refractivity contribution is -0.134. The van der Waals surface area contributed by atoms with Gasteiger partial charge in [0.25, 0.3) is 11.8 Å². The van der Waals surface area contributed by atoms with E-state index in [0.717, 1.165) is 32.2 Å². The Bertz CT molecular complexity index is 1060. The number of piperidine rings is 1. The molecule has 1 saturated carbocycles. The molecule has 1 unspecified atom stereocenters. The van der Waals surface area contributed by atoms with E-state index in [-0.39, 0.29) is 29.5 Å². The monoisotopic (exact) mass is 496 g/mol. The molecular formula is C24H32N8O4. The van der Waals surface area contributed by atoms with Crippen LogP contribution in [0.15, 0.2) is 46.0 Å². The molecule has 2 saturated heterocycles. The number of ether oxygens (including phenoxy) is 1. The number of carbonyl (C=O) groups is 3. The molecule has 192 valence electrons. The molecule has 1 aromatic carbocycles. The first-order valence-electron chi connectivity index (χ1n) is 12.5. The minimum Gasteiger partial charge on any atom is -0.378 e. The largest absolute Gasteiger partial charge is 0.378 e. The van der Waals surface area contributed by atoms with Crippen LogP contribution < -0.4 is 21.7 Å². The molecule has 12 nitrogen and oxygen atoms in total. The molecule has 12 heteroatoms. The van der Waals surface area contributed by atoms with Crippen molar-refractivity contribution in [2.75, 3.05) is 44.7 Å². The summed E-state index contributed by atoms with van der Waals surface area (Å²) < 4.78 is 5.31. The number of anilines is 1. The number of nitrogens with two attached hydrogens (primary N) is 1. The van der Waals surface area contributed by atoms with Crippen molar-refractivity contribution in [2.45, 2.75) is 38.0 Å². The SMILES string of the molecule is NC(=O)C1=C(Nc2ccc(C(=O)N3CCOCC3)cc2)NC(N[C@@H]2CCCN(C(=O)C3CC3)C2)N=N1. The van der Waals surface area contributed by atoms with Crippen LogP contribution in [0.3, 0.4) is 0 Å². The van der Waals surface area contributed by atoms with Gasteiger partial charge in [0.15, 0.2) is 12.0 Å². The third kappa shape index (κ3) is 5.65. The summed E-state index contributed by atoms with van der Waals surface area (Å²) in [7, 11) is 0. The maximum absolute atomic E-state index is 12.7. The minimum atomic E-state index is -0.717. The van der Waals surface area contributed by atoms with Crippen molar-refractivity contribution in [3.05, 3.63) is 41.3 Å². The summed E-state index contributed by atoms with van der Waals surface area (Å²) in [5, 5.41) is 17.9. The highest BCUT2D eigenvalue weighted by Gasteiger charge is 2.36. The molecule has 3 heterocycles. The van der Waals surface area contributed by atoms with Gasteiger partial charge in [0.2, 0.25) is 5.91 Å². The fraction of sp³-hybridized carbons (Fsp3) is 0.542. The molecule has 3 amide bonds. The van der Waals surface area contributed by atoms with E-state index >= 15 is 0 Å². The molecule has 2 atom stereocenters. The lowest BCUT2D eigenvalue weighted by atomic mass is 10.1. The summed E-state index contributed by atoms with van der Waals surface area (Å²) in [4.78, 5) is 40.8. The lowest BCUT2D eigenvalue weighted by Crippen LogP contribution is -2.55. The van der Waals surface area contributed by atoms with Crippen molar-refractivity contribution in [3.8, 4) is 0 Å². The van der Waals surface area contributed by atoms with Crippen molar-refractivity contribution >= 4 is 23.4 Å². The number of rotatable bonds is 7. The predicted molar refractivity (Wildman–Crippen MR) is 130 cm³/mol. The van der Waals surface area contributed by atoms with Crippen LogP contribution in [0, 0.1) is 5.92 Å². The van der Waals surface area contributed by atoms with Gasteiger partial charge in [-0.25, -0.2) is 0 Å². The number of hydrogen-bond acceptors (Lipinski definition) is 9. The van der Waals surface area contributed by atoms with Crippen LogP contribution in [0.25, 0.3) is 0 Å². The lowest BCUT2D eigenvalue weighted by Gasteiger charge is -2.35. The Morgan fingerprint density at radius 3 is 2.47 bits per heavy atom. The Hall–Kier alpha value is -3.51. The highest BCUT2D eigenvalue weighted by molar-refractivity contribution is 5.95. The van der Waals surface area contributed by atoms with Crippen molar-refractivity contribution in [1.82, 2.24) is 20.4 Å². The van der Waals surface area contributed by atoms with Crippen LogP contribution in [-0.2, 0) is 14.3 Å². The topological polar surface area (TPSA) is 154 Å².